The average Bonchev–Trinajstić information content (AvgIpc) is 2.85. The number of pyridine rings is 1. The van der Waals surface area contributed by atoms with Crippen molar-refractivity contribution in [1.82, 2.24) is 0 Å². The Bertz CT molecular complexity index is 854. The summed E-state index contributed by atoms with van der Waals surface area (Å²) in [4.78, 5) is 0. The zero-order chi connectivity index (χ0) is 13.1. The van der Waals surface area contributed by atoms with Crippen LogP contribution in [0.4, 0.5) is 0 Å². The molecule has 0 aliphatic carbocycles. The number of aromatic nitrogens is 1. The van der Waals surface area contributed by atoms with Gasteiger partial charge in [-0.25, -0.2) is 0 Å². The van der Waals surface area contributed by atoms with Crippen LogP contribution in [0.3, 0.4) is 0 Å². The first-order chi connectivity index (χ1) is 9.93. The predicted molar refractivity (Wildman–Crippen MR) is 75.8 cm³/mol. The number of rotatable bonds is 0. The molecule has 2 aromatic carbocycles. The van der Waals surface area contributed by atoms with Crippen molar-refractivity contribution in [1.29, 1.82) is 0 Å². The van der Waals surface area contributed by atoms with Gasteiger partial charge in [-0.05, 0) is 24.3 Å². The third-order valence-electron chi connectivity index (χ3n) is 4.21. The summed E-state index contributed by atoms with van der Waals surface area (Å²) >= 11 is 0. The highest BCUT2D eigenvalue weighted by molar-refractivity contribution is 5.67. The number of fused-ring (bicyclic) bond motifs is 5. The molecule has 1 atom stereocenters. The molecule has 2 aliphatic heterocycles. The van der Waals surface area contributed by atoms with E-state index in [-0.39, 0.29) is 6.04 Å². The monoisotopic (exact) mass is 258 g/mol. The topological polar surface area (TPSA) is 13.1 Å². The van der Waals surface area contributed by atoms with Gasteiger partial charge in [0.2, 0.25) is 11.7 Å². The molecule has 20 heavy (non-hydrogen) atoms. The third-order valence-corrected chi connectivity index (χ3v) is 4.21. The molecular weight excluding hydrogens is 246 g/mol. The summed E-state index contributed by atoms with van der Waals surface area (Å²) < 4.78 is 8.36. The molecule has 94 valence electrons. The summed E-state index contributed by atoms with van der Waals surface area (Å²) in [5, 5.41) is 0. The first-order valence-corrected chi connectivity index (χ1v) is 6.84. The predicted octanol–water partition coefficient (Wildman–Crippen LogP) is 3.70. The van der Waals surface area contributed by atoms with Crippen LogP contribution < -0.4 is 9.30 Å². The molecule has 0 saturated carbocycles. The highest BCUT2D eigenvalue weighted by atomic mass is 16.5. The van der Waals surface area contributed by atoms with E-state index in [1.807, 2.05) is 18.2 Å². The van der Waals surface area contributed by atoms with Gasteiger partial charge in [0, 0.05) is 11.6 Å². The van der Waals surface area contributed by atoms with Crippen LogP contribution in [0.15, 0.2) is 66.7 Å². The Morgan fingerprint density at radius 1 is 0.750 bits per heavy atom. The molecule has 1 aromatic heterocycles. The first-order valence-electron chi connectivity index (χ1n) is 6.84. The van der Waals surface area contributed by atoms with Gasteiger partial charge in [-0.2, -0.15) is 0 Å². The normalized spacial score (nSPS) is 16.9. The molecule has 0 bridgehead atoms. The van der Waals surface area contributed by atoms with Crippen LogP contribution in [0.25, 0.3) is 11.3 Å². The lowest BCUT2D eigenvalue weighted by Gasteiger charge is -2.19. The Balaban J connectivity index is 1.93. The summed E-state index contributed by atoms with van der Waals surface area (Å²) in [7, 11) is 0. The van der Waals surface area contributed by atoms with Crippen molar-refractivity contribution in [2.45, 2.75) is 6.04 Å². The standard InChI is InChI=1S/C18H12NO/c1-2-7-13-12(6-1)15-9-5-11-17-19(15)18(13)14-8-3-4-10-16(14)20-17/h1-11,18H/q+1. The second-order valence-electron chi connectivity index (χ2n) is 5.25. The minimum absolute atomic E-state index is 0.238. The molecule has 2 heteroatoms. The zero-order valence-electron chi connectivity index (χ0n) is 10.8. The fourth-order valence-corrected chi connectivity index (χ4v) is 3.40. The highest BCUT2D eigenvalue weighted by Gasteiger charge is 2.44. The maximum Gasteiger partial charge on any atom is 0.374 e. The Hall–Kier alpha value is -2.61. The lowest BCUT2D eigenvalue weighted by atomic mass is 9.96. The van der Waals surface area contributed by atoms with Gasteiger partial charge in [0.15, 0.2) is 0 Å². The van der Waals surface area contributed by atoms with Gasteiger partial charge in [-0.3, -0.25) is 0 Å². The van der Waals surface area contributed by atoms with Gasteiger partial charge in [-0.15, -0.1) is 4.57 Å². The fourth-order valence-electron chi connectivity index (χ4n) is 3.40. The number of ether oxygens (including phenoxy) is 1. The maximum absolute atomic E-state index is 6.06. The van der Waals surface area contributed by atoms with Crippen molar-refractivity contribution in [2.24, 2.45) is 0 Å². The van der Waals surface area contributed by atoms with Crippen molar-refractivity contribution >= 4 is 0 Å². The van der Waals surface area contributed by atoms with E-state index in [0.717, 1.165) is 11.6 Å². The average molecular weight is 258 g/mol. The van der Waals surface area contributed by atoms with E-state index < -0.39 is 0 Å². The van der Waals surface area contributed by atoms with Crippen molar-refractivity contribution < 1.29 is 9.30 Å². The number of benzene rings is 2. The van der Waals surface area contributed by atoms with E-state index in [0.29, 0.717) is 0 Å². The van der Waals surface area contributed by atoms with E-state index in [9.17, 15) is 0 Å². The number of nitrogens with zero attached hydrogens (tertiary/aromatic N) is 1. The molecule has 2 nitrogen and oxygen atoms in total. The van der Waals surface area contributed by atoms with Crippen molar-refractivity contribution in [3.05, 3.63) is 77.9 Å². The van der Waals surface area contributed by atoms with Crippen LogP contribution in [0.5, 0.6) is 11.6 Å². The lowest BCUT2D eigenvalue weighted by Crippen LogP contribution is -2.42. The van der Waals surface area contributed by atoms with E-state index in [2.05, 4.69) is 53.1 Å². The molecule has 0 saturated heterocycles. The fraction of sp³-hybridized carbons (Fsp3) is 0.0556. The Labute approximate surface area is 116 Å². The minimum atomic E-state index is 0.238. The Kier molecular flexibility index (Phi) is 1.78. The van der Waals surface area contributed by atoms with Crippen molar-refractivity contribution in [3.8, 4) is 22.9 Å². The van der Waals surface area contributed by atoms with Crippen LogP contribution in [0.1, 0.15) is 17.2 Å². The number of para-hydroxylation sites is 1. The summed E-state index contributed by atoms with van der Waals surface area (Å²) in [5.74, 6) is 1.88. The van der Waals surface area contributed by atoms with Gasteiger partial charge in [0.25, 0.3) is 0 Å². The van der Waals surface area contributed by atoms with E-state index in [4.69, 9.17) is 4.74 Å². The van der Waals surface area contributed by atoms with Gasteiger partial charge in [0.05, 0.1) is 17.2 Å². The second kappa shape index (κ2) is 3.48. The van der Waals surface area contributed by atoms with Gasteiger partial charge in [0.1, 0.15) is 5.75 Å². The van der Waals surface area contributed by atoms with E-state index in [1.165, 1.54) is 22.4 Å². The van der Waals surface area contributed by atoms with Crippen LogP contribution in [0, 0.1) is 0 Å². The summed E-state index contributed by atoms with van der Waals surface area (Å²) in [6.45, 7) is 0. The molecule has 0 amide bonds. The van der Waals surface area contributed by atoms with E-state index >= 15 is 0 Å². The molecule has 0 fully saturated rings. The number of hydrogen-bond acceptors (Lipinski definition) is 1. The molecule has 3 aromatic rings. The first kappa shape index (κ1) is 10.2. The Morgan fingerprint density at radius 3 is 2.50 bits per heavy atom. The van der Waals surface area contributed by atoms with Crippen LogP contribution in [-0.2, 0) is 0 Å². The molecule has 0 radical (unpaired) electrons. The largest absolute Gasteiger partial charge is 0.405 e. The zero-order valence-corrected chi connectivity index (χ0v) is 10.8. The second-order valence-corrected chi connectivity index (χ2v) is 5.25. The van der Waals surface area contributed by atoms with Crippen molar-refractivity contribution in [3.63, 3.8) is 0 Å². The lowest BCUT2D eigenvalue weighted by molar-refractivity contribution is -0.696. The minimum Gasteiger partial charge on any atom is -0.405 e. The van der Waals surface area contributed by atoms with Gasteiger partial charge < -0.3 is 4.74 Å². The summed E-state index contributed by atoms with van der Waals surface area (Å²) in [5.41, 5.74) is 5.13. The van der Waals surface area contributed by atoms with E-state index in [1.54, 1.807) is 0 Å². The highest BCUT2D eigenvalue weighted by Crippen LogP contribution is 2.45. The number of hydrogen-bond donors (Lipinski definition) is 0. The SMILES string of the molecule is c1ccc2c(c1)Oc1cccc3[n+]1C2c1ccccc1-3. The van der Waals surface area contributed by atoms with Crippen LogP contribution >= 0.6 is 0 Å². The third kappa shape index (κ3) is 1.12. The molecule has 2 aliphatic rings. The smallest absolute Gasteiger partial charge is 0.374 e. The van der Waals surface area contributed by atoms with Crippen LogP contribution in [-0.4, -0.2) is 0 Å². The molecule has 5 rings (SSSR count). The molecule has 3 heterocycles. The maximum atomic E-state index is 6.06. The molecule has 0 N–H and O–H groups in total. The quantitative estimate of drug-likeness (QED) is 0.386. The van der Waals surface area contributed by atoms with Crippen LogP contribution in [0.2, 0.25) is 0 Å². The summed E-state index contributed by atoms with van der Waals surface area (Å²) in [6.07, 6.45) is 0. The van der Waals surface area contributed by atoms with Crippen molar-refractivity contribution in [2.75, 3.05) is 0 Å². The summed E-state index contributed by atoms with van der Waals surface area (Å²) in [6, 6.07) is 23.5. The van der Waals surface area contributed by atoms with Gasteiger partial charge in [-0.1, -0.05) is 30.3 Å². The Morgan fingerprint density at radius 2 is 1.55 bits per heavy atom. The molecule has 0 spiro atoms. The molecule has 1 unspecified atom stereocenters. The van der Waals surface area contributed by atoms with Gasteiger partial charge >= 0.3 is 5.88 Å². The molecular formula is C18H12NO+.